The Labute approximate surface area is 132 Å². The van der Waals surface area contributed by atoms with Gasteiger partial charge in [0.15, 0.2) is 0 Å². The Kier molecular flexibility index (Phi) is 9.21. The number of methoxy groups -OCH3 is 1. The van der Waals surface area contributed by atoms with Crippen molar-refractivity contribution < 1.29 is 23.9 Å². The van der Waals surface area contributed by atoms with Crippen LogP contribution in [0.3, 0.4) is 0 Å². The summed E-state index contributed by atoms with van der Waals surface area (Å²) in [4.78, 5) is 34.2. The molecule has 0 aliphatic heterocycles. The van der Waals surface area contributed by atoms with Crippen LogP contribution in [0.1, 0.15) is 53.4 Å². The van der Waals surface area contributed by atoms with Crippen LogP contribution in [0.2, 0.25) is 0 Å². The van der Waals surface area contributed by atoms with E-state index in [4.69, 9.17) is 4.74 Å². The number of hydrogen-bond donors (Lipinski definition) is 2. The first-order chi connectivity index (χ1) is 10.2. The van der Waals surface area contributed by atoms with Crippen molar-refractivity contribution in [3.05, 3.63) is 0 Å². The van der Waals surface area contributed by atoms with E-state index in [1.807, 2.05) is 0 Å². The topological polar surface area (TPSA) is 93.7 Å². The van der Waals surface area contributed by atoms with E-state index < -0.39 is 17.7 Å². The number of hydrogen-bond acceptors (Lipinski definition) is 5. The highest BCUT2D eigenvalue weighted by Gasteiger charge is 2.20. The molecule has 0 aliphatic carbocycles. The van der Waals surface area contributed by atoms with Crippen molar-refractivity contribution >= 4 is 18.0 Å². The summed E-state index contributed by atoms with van der Waals surface area (Å²) in [6.07, 6.45) is 2.09. The van der Waals surface area contributed by atoms with Crippen LogP contribution in [-0.4, -0.2) is 43.3 Å². The van der Waals surface area contributed by atoms with Crippen molar-refractivity contribution in [2.75, 3.05) is 13.7 Å². The minimum absolute atomic E-state index is 0.223. The molecule has 2 N–H and O–H groups in total. The molecule has 0 rings (SSSR count). The molecular weight excluding hydrogens is 288 g/mol. The van der Waals surface area contributed by atoms with E-state index in [1.165, 1.54) is 7.11 Å². The third-order valence-corrected chi connectivity index (χ3v) is 2.71. The minimum atomic E-state index is -0.662. The highest BCUT2D eigenvalue weighted by atomic mass is 16.6. The SMILES string of the molecule is COC(=O)CCCCCNC(=O)C(C)NC(=O)OC(C)(C)C. The number of esters is 1. The molecule has 0 aromatic heterocycles. The van der Waals surface area contributed by atoms with E-state index in [1.54, 1.807) is 27.7 Å². The largest absolute Gasteiger partial charge is 0.469 e. The number of unbranched alkanes of at least 4 members (excludes halogenated alkanes) is 2. The lowest BCUT2D eigenvalue weighted by molar-refractivity contribution is -0.140. The zero-order valence-electron chi connectivity index (χ0n) is 14.2. The van der Waals surface area contributed by atoms with Crippen LogP contribution in [0.5, 0.6) is 0 Å². The second-order valence-corrected chi connectivity index (χ2v) is 6.05. The summed E-state index contributed by atoms with van der Waals surface area (Å²) in [5, 5.41) is 5.20. The normalized spacial score (nSPS) is 12.2. The molecule has 7 heteroatoms. The smallest absolute Gasteiger partial charge is 0.408 e. The molecule has 0 spiro atoms. The zero-order chi connectivity index (χ0) is 17.2. The van der Waals surface area contributed by atoms with Gasteiger partial charge in [-0.2, -0.15) is 0 Å². The predicted octanol–water partition coefficient (Wildman–Crippen LogP) is 1.75. The van der Waals surface area contributed by atoms with Crippen LogP contribution in [0, 0.1) is 0 Å². The zero-order valence-corrected chi connectivity index (χ0v) is 14.2. The number of carbonyl (C=O) groups excluding carboxylic acids is 3. The van der Waals surface area contributed by atoms with Crippen LogP contribution in [-0.2, 0) is 19.1 Å². The minimum Gasteiger partial charge on any atom is -0.469 e. The van der Waals surface area contributed by atoms with E-state index in [0.29, 0.717) is 13.0 Å². The van der Waals surface area contributed by atoms with Gasteiger partial charge in [0.05, 0.1) is 7.11 Å². The lowest BCUT2D eigenvalue weighted by Gasteiger charge is -2.21. The summed E-state index contributed by atoms with van der Waals surface area (Å²) >= 11 is 0. The van der Waals surface area contributed by atoms with Crippen molar-refractivity contribution in [2.45, 2.75) is 65.0 Å². The van der Waals surface area contributed by atoms with Gasteiger partial charge in [0.1, 0.15) is 11.6 Å². The average Bonchev–Trinajstić information content (AvgIpc) is 2.39. The molecule has 7 nitrogen and oxygen atoms in total. The summed E-state index contributed by atoms with van der Waals surface area (Å²) in [7, 11) is 1.36. The van der Waals surface area contributed by atoms with Crippen molar-refractivity contribution in [1.29, 1.82) is 0 Å². The highest BCUT2D eigenvalue weighted by molar-refractivity contribution is 5.85. The summed E-state index contributed by atoms with van der Waals surface area (Å²) in [5.74, 6) is -0.488. The Bertz CT molecular complexity index is 377. The molecule has 2 amide bonds. The molecule has 1 unspecified atom stereocenters. The number of alkyl carbamates (subject to hydrolysis) is 1. The monoisotopic (exact) mass is 316 g/mol. The molecule has 0 saturated heterocycles. The molecule has 0 aromatic carbocycles. The predicted molar refractivity (Wildman–Crippen MR) is 82.3 cm³/mol. The van der Waals surface area contributed by atoms with Crippen molar-refractivity contribution in [3.63, 3.8) is 0 Å². The van der Waals surface area contributed by atoms with Gasteiger partial charge >= 0.3 is 12.1 Å². The Morgan fingerprint density at radius 1 is 1.09 bits per heavy atom. The first-order valence-corrected chi connectivity index (χ1v) is 7.49. The van der Waals surface area contributed by atoms with Crippen LogP contribution in [0.15, 0.2) is 0 Å². The summed E-state index contributed by atoms with van der Waals surface area (Å²) in [6.45, 7) is 7.36. The molecule has 0 radical (unpaired) electrons. The van der Waals surface area contributed by atoms with Gasteiger partial charge in [0, 0.05) is 13.0 Å². The summed E-state index contributed by atoms with van der Waals surface area (Å²) in [5.41, 5.74) is -0.597. The van der Waals surface area contributed by atoms with Crippen LogP contribution < -0.4 is 10.6 Å². The third kappa shape index (κ3) is 10.9. The maximum Gasteiger partial charge on any atom is 0.408 e. The van der Waals surface area contributed by atoms with Gasteiger partial charge in [-0.25, -0.2) is 4.79 Å². The number of ether oxygens (including phenoxy) is 2. The summed E-state index contributed by atoms with van der Waals surface area (Å²) in [6, 6.07) is -0.662. The van der Waals surface area contributed by atoms with Crippen LogP contribution in [0.4, 0.5) is 4.79 Å². The maximum atomic E-state index is 11.8. The molecule has 0 saturated carbocycles. The number of carbonyl (C=O) groups is 3. The van der Waals surface area contributed by atoms with Gasteiger partial charge in [-0.3, -0.25) is 9.59 Å². The maximum absolute atomic E-state index is 11.8. The lowest BCUT2D eigenvalue weighted by atomic mass is 10.2. The highest BCUT2D eigenvalue weighted by Crippen LogP contribution is 2.06. The number of rotatable bonds is 8. The summed E-state index contributed by atoms with van der Waals surface area (Å²) < 4.78 is 9.61. The first-order valence-electron chi connectivity index (χ1n) is 7.49. The fourth-order valence-electron chi connectivity index (χ4n) is 1.59. The van der Waals surface area contributed by atoms with Crippen molar-refractivity contribution in [3.8, 4) is 0 Å². The fraction of sp³-hybridized carbons (Fsp3) is 0.800. The molecule has 0 aromatic rings. The third-order valence-electron chi connectivity index (χ3n) is 2.71. The second-order valence-electron chi connectivity index (χ2n) is 6.05. The van der Waals surface area contributed by atoms with Gasteiger partial charge in [-0.15, -0.1) is 0 Å². The Hall–Kier alpha value is -1.79. The Morgan fingerprint density at radius 2 is 1.73 bits per heavy atom. The van der Waals surface area contributed by atoms with E-state index in [0.717, 1.165) is 19.3 Å². The molecule has 128 valence electrons. The fourth-order valence-corrected chi connectivity index (χ4v) is 1.59. The molecule has 1 atom stereocenters. The Balaban J connectivity index is 3.79. The second kappa shape index (κ2) is 10.0. The van der Waals surface area contributed by atoms with Crippen LogP contribution in [0.25, 0.3) is 0 Å². The van der Waals surface area contributed by atoms with Gasteiger partial charge in [-0.05, 0) is 40.5 Å². The molecule has 0 aliphatic rings. The van der Waals surface area contributed by atoms with E-state index in [2.05, 4.69) is 15.4 Å². The van der Waals surface area contributed by atoms with Crippen molar-refractivity contribution in [1.82, 2.24) is 10.6 Å². The van der Waals surface area contributed by atoms with E-state index >= 15 is 0 Å². The van der Waals surface area contributed by atoms with Gasteiger partial charge in [-0.1, -0.05) is 6.42 Å². The first kappa shape index (κ1) is 20.2. The Morgan fingerprint density at radius 3 is 2.27 bits per heavy atom. The molecule has 0 fully saturated rings. The lowest BCUT2D eigenvalue weighted by Crippen LogP contribution is -2.46. The molecule has 0 bridgehead atoms. The van der Waals surface area contributed by atoms with Crippen LogP contribution >= 0.6 is 0 Å². The quantitative estimate of drug-likeness (QED) is 0.525. The average molecular weight is 316 g/mol. The standard InChI is InChI=1S/C15H28N2O5/c1-11(17-14(20)22-15(2,3)4)13(19)16-10-8-6-7-9-12(18)21-5/h11H,6-10H2,1-5H3,(H,16,19)(H,17,20). The molecule has 0 heterocycles. The van der Waals surface area contributed by atoms with Gasteiger partial charge in [0.25, 0.3) is 0 Å². The number of nitrogens with one attached hydrogen (secondary N) is 2. The van der Waals surface area contributed by atoms with Gasteiger partial charge < -0.3 is 20.1 Å². The number of amides is 2. The van der Waals surface area contributed by atoms with Gasteiger partial charge in [0.2, 0.25) is 5.91 Å². The van der Waals surface area contributed by atoms with E-state index in [-0.39, 0.29) is 11.9 Å². The molecular formula is C15H28N2O5. The molecule has 22 heavy (non-hydrogen) atoms. The van der Waals surface area contributed by atoms with Crippen molar-refractivity contribution in [2.24, 2.45) is 0 Å². The van der Waals surface area contributed by atoms with E-state index in [9.17, 15) is 14.4 Å².